The minimum atomic E-state index is 0.464. The van der Waals surface area contributed by atoms with Crippen LogP contribution < -0.4 is 0 Å². The number of allylic oxidation sites excluding steroid dienone is 4. The number of hydrogen-bond donors (Lipinski definition) is 0. The molecule has 0 saturated heterocycles. The number of rotatable bonds is 1. The van der Waals surface area contributed by atoms with Crippen LogP contribution in [-0.2, 0) is 0 Å². The highest BCUT2D eigenvalue weighted by molar-refractivity contribution is 5.18. The first-order valence-corrected chi connectivity index (χ1v) is 4.87. The van der Waals surface area contributed by atoms with Crippen LogP contribution in [0.4, 0.5) is 0 Å². The summed E-state index contributed by atoms with van der Waals surface area (Å²) in [6.45, 7) is 9.10. The van der Waals surface area contributed by atoms with E-state index >= 15 is 0 Å². The average Bonchev–Trinajstić information content (AvgIpc) is 1.97. The highest BCUT2D eigenvalue weighted by Crippen LogP contribution is 2.41. The van der Waals surface area contributed by atoms with Crippen LogP contribution in [-0.4, -0.2) is 0 Å². The van der Waals surface area contributed by atoms with Crippen LogP contribution >= 0.6 is 0 Å². The summed E-state index contributed by atoms with van der Waals surface area (Å²) in [6, 6.07) is 0. The van der Waals surface area contributed by atoms with Gasteiger partial charge in [-0.1, -0.05) is 37.6 Å². The van der Waals surface area contributed by atoms with Gasteiger partial charge in [0.2, 0.25) is 0 Å². The molecular weight excluding hydrogens is 144 g/mol. The predicted octanol–water partition coefficient (Wildman–Crippen LogP) is 3.95. The van der Waals surface area contributed by atoms with Gasteiger partial charge in [-0.25, -0.2) is 0 Å². The maximum atomic E-state index is 2.38. The first kappa shape index (κ1) is 9.57. The second-order valence-electron chi connectivity index (χ2n) is 4.48. The van der Waals surface area contributed by atoms with E-state index < -0.39 is 0 Å². The molecule has 0 aliphatic heterocycles. The fourth-order valence-corrected chi connectivity index (χ4v) is 2.18. The van der Waals surface area contributed by atoms with E-state index in [0.29, 0.717) is 11.3 Å². The Kier molecular flexibility index (Phi) is 2.76. The summed E-state index contributed by atoms with van der Waals surface area (Å²) in [4.78, 5) is 0. The summed E-state index contributed by atoms with van der Waals surface area (Å²) >= 11 is 0. The van der Waals surface area contributed by atoms with Gasteiger partial charge in [-0.05, 0) is 32.1 Å². The fraction of sp³-hybridized carbons (Fsp3) is 0.667. The van der Waals surface area contributed by atoms with Crippen molar-refractivity contribution in [2.75, 3.05) is 0 Å². The molecule has 1 atom stereocenters. The van der Waals surface area contributed by atoms with Gasteiger partial charge in [0.15, 0.2) is 0 Å². The summed E-state index contributed by atoms with van der Waals surface area (Å²) in [6.07, 6.45) is 9.47. The predicted molar refractivity (Wildman–Crippen MR) is 55.1 cm³/mol. The third kappa shape index (κ3) is 1.80. The molecule has 0 N–H and O–H groups in total. The first-order valence-electron chi connectivity index (χ1n) is 4.87. The Labute approximate surface area is 76.4 Å². The Morgan fingerprint density at radius 1 is 1.50 bits per heavy atom. The van der Waals surface area contributed by atoms with Crippen LogP contribution in [0.1, 0.15) is 40.5 Å². The smallest absolute Gasteiger partial charge is 0.00252 e. The Balaban J connectivity index is 2.88. The monoisotopic (exact) mass is 164 g/mol. The lowest BCUT2D eigenvalue weighted by Gasteiger charge is -2.36. The summed E-state index contributed by atoms with van der Waals surface area (Å²) in [7, 11) is 0. The molecule has 0 radical (unpaired) electrons. The van der Waals surface area contributed by atoms with Crippen LogP contribution in [0.25, 0.3) is 0 Å². The van der Waals surface area contributed by atoms with Gasteiger partial charge in [0.05, 0.1) is 0 Å². The summed E-state index contributed by atoms with van der Waals surface area (Å²) in [5, 5.41) is 0. The lowest BCUT2D eigenvalue weighted by atomic mass is 9.69. The molecule has 0 heterocycles. The van der Waals surface area contributed by atoms with Crippen molar-refractivity contribution in [3.8, 4) is 0 Å². The first-order chi connectivity index (χ1) is 5.58. The third-order valence-corrected chi connectivity index (χ3v) is 2.97. The molecule has 0 amide bonds. The standard InChI is InChI=1S/C12H20/c1-5-7-11-10(2)8-6-9-12(11,3)4/h5,7-8,11H,6,9H2,1-4H3. The zero-order valence-corrected chi connectivity index (χ0v) is 8.72. The lowest BCUT2D eigenvalue weighted by molar-refractivity contribution is 0.255. The Morgan fingerprint density at radius 3 is 2.67 bits per heavy atom. The molecule has 0 bridgehead atoms. The molecule has 0 saturated carbocycles. The van der Waals surface area contributed by atoms with E-state index in [1.165, 1.54) is 12.8 Å². The van der Waals surface area contributed by atoms with Crippen molar-refractivity contribution in [3.63, 3.8) is 0 Å². The summed E-state index contributed by atoms with van der Waals surface area (Å²) < 4.78 is 0. The van der Waals surface area contributed by atoms with Gasteiger partial charge in [-0.3, -0.25) is 0 Å². The van der Waals surface area contributed by atoms with Crippen molar-refractivity contribution >= 4 is 0 Å². The van der Waals surface area contributed by atoms with E-state index in [1.807, 2.05) is 0 Å². The van der Waals surface area contributed by atoms with Crippen molar-refractivity contribution in [2.45, 2.75) is 40.5 Å². The van der Waals surface area contributed by atoms with Gasteiger partial charge in [0.25, 0.3) is 0 Å². The summed E-state index contributed by atoms with van der Waals surface area (Å²) in [5.41, 5.74) is 2.01. The van der Waals surface area contributed by atoms with E-state index in [-0.39, 0.29) is 0 Å². The fourth-order valence-electron chi connectivity index (χ4n) is 2.18. The molecule has 0 spiro atoms. The minimum absolute atomic E-state index is 0.464. The van der Waals surface area contributed by atoms with Crippen molar-refractivity contribution in [1.29, 1.82) is 0 Å². The summed E-state index contributed by atoms with van der Waals surface area (Å²) in [5.74, 6) is 0.663. The topological polar surface area (TPSA) is 0 Å². The van der Waals surface area contributed by atoms with Crippen LogP contribution in [0.5, 0.6) is 0 Å². The normalized spacial score (nSPS) is 29.0. The highest BCUT2D eigenvalue weighted by atomic mass is 14.3. The van der Waals surface area contributed by atoms with Crippen molar-refractivity contribution in [1.82, 2.24) is 0 Å². The Hall–Kier alpha value is -0.520. The van der Waals surface area contributed by atoms with Gasteiger partial charge < -0.3 is 0 Å². The Morgan fingerprint density at radius 2 is 2.17 bits per heavy atom. The van der Waals surface area contributed by atoms with Gasteiger partial charge >= 0.3 is 0 Å². The van der Waals surface area contributed by atoms with Crippen molar-refractivity contribution in [3.05, 3.63) is 23.8 Å². The molecular formula is C12H20. The zero-order valence-electron chi connectivity index (χ0n) is 8.72. The molecule has 1 unspecified atom stereocenters. The SMILES string of the molecule is CC=CC1C(C)=CCCC1(C)C. The van der Waals surface area contributed by atoms with E-state index in [0.717, 1.165) is 0 Å². The molecule has 0 aromatic heterocycles. The third-order valence-electron chi connectivity index (χ3n) is 2.97. The van der Waals surface area contributed by atoms with Crippen LogP contribution in [0.15, 0.2) is 23.8 Å². The Bertz CT molecular complexity index is 206. The molecule has 0 aromatic carbocycles. The van der Waals surface area contributed by atoms with Crippen molar-refractivity contribution in [2.24, 2.45) is 11.3 Å². The van der Waals surface area contributed by atoms with Gasteiger partial charge in [0.1, 0.15) is 0 Å². The van der Waals surface area contributed by atoms with E-state index in [1.54, 1.807) is 5.57 Å². The van der Waals surface area contributed by atoms with Crippen LogP contribution in [0.2, 0.25) is 0 Å². The van der Waals surface area contributed by atoms with Gasteiger partial charge in [-0.2, -0.15) is 0 Å². The van der Waals surface area contributed by atoms with E-state index in [2.05, 4.69) is 45.9 Å². The van der Waals surface area contributed by atoms with Crippen LogP contribution in [0.3, 0.4) is 0 Å². The quantitative estimate of drug-likeness (QED) is 0.515. The molecule has 1 rings (SSSR count). The maximum absolute atomic E-state index is 2.38. The molecule has 1 aliphatic carbocycles. The van der Waals surface area contributed by atoms with Gasteiger partial charge in [0, 0.05) is 5.92 Å². The zero-order chi connectivity index (χ0) is 9.19. The lowest BCUT2D eigenvalue weighted by Crippen LogP contribution is -2.26. The molecule has 12 heavy (non-hydrogen) atoms. The van der Waals surface area contributed by atoms with E-state index in [4.69, 9.17) is 0 Å². The molecule has 1 aliphatic rings. The average molecular weight is 164 g/mol. The maximum Gasteiger partial charge on any atom is 0.00252 e. The van der Waals surface area contributed by atoms with Crippen molar-refractivity contribution < 1.29 is 0 Å². The number of hydrogen-bond acceptors (Lipinski definition) is 0. The highest BCUT2D eigenvalue weighted by Gasteiger charge is 2.30. The molecule has 0 heteroatoms. The van der Waals surface area contributed by atoms with E-state index in [9.17, 15) is 0 Å². The molecule has 0 aromatic rings. The minimum Gasteiger partial charge on any atom is -0.0910 e. The second kappa shape index (κ2) is 3.47. The van der Waals surface area contributed by atoms with Crippen LogP contribution in [0, 0.1) is 11.3 Å². The molecule has 68 valence electrons. The second-order valence-corrected chi connectivity index (χ2v) is 4.48. The molecule has 0 nitrogen and oxygen atoms in total. The largest absolute Gasteiger partial charge is 0.0910 e. The molecule has 0 fully saturated rings. The van der Waals surface area contributed by atoms with Gasteiger partial charge in [-0.15, -0.1) is 0 Å².